The van der Waals surface area contributed by atoms with Crippen LogP contribution in [0.2, 0.25) is 10.0 Å². The second-order valence-electron chi connectivity index (χ2n) is 9.08. The van der Waals surface area contributed by atoms with Gasteiger partial charge in [0, 0.05) is 43.3 Å². The molecule has 5 rings (SSSR count). The van der Waals surface area contributed by atoms with Gasteiger partial charge in [-0.15, -0.1) is 0 Å². The second-order valence-corrected chi connectivity index (χ2v) is 9.96. The fourth-order valence-electron chi connectivity index (χ4n) is 4.99. The molecule has 2 atom stereocenters. The largest absolute Gasteiger partial charge is 0.379 e. The van der Waals surface area contributed by atoms with Gasteiger partial charge in [-0.1, -0.05) is 42.3 Å². The van der Waals surface area contributed by atoms with Crippen LogP contribution in [-0.4, -0.2) is 42.5 Å². The van der Waals surface area contributed by atoms with Gasteiger partial charge in [0.1, 0.15) is 17.2 Å². The van der Waals surface area contributed by atoms with E-state index >= 15 is 4.39 Å². The first kappa shape index (κ1) is 26.2. The number of nitrogens with zero attached hydrogens (tertiary/aromatic N) is 5. The lowest BCUT2D eigenvalue weighted by molar-refractivity contribution is -0.0890. The van der Waals surface area contributed by atoms with Gasteiger partial charge in [-0.05, 0) is 36.2 Å². The fraction of sp³-hybridized carbons (Fsp3) is 0.259. The highest BCUT2D eigenvalue weighted by Crippen LogP contribution is 2.48. The molecule has 2 aromatic carbocycles. The van der Waals surface area contributed by atoms with Crippen molar-refractivity contribution in [3.8, 4) is 0 Å². The summed E-state index contributed by atoms with van der Waals surface area (Å²) < 4.78 is 24.0. The molecule has 1 amide bonds. The highest BCUT2D eigenvalue weighted by Gasteiger charge is 2.54. The van der Waals surface area contributed by atoms with E-state index in [0.29, 0.717) is 21.3 Å². The van der Waals surface area contributed by atoms with Gasteiger partial charge >= 0.3 is 0 Å². The molecule has 1 unspecified atom stereocenters. The van der Waals surface area contributed by atoms with Crippen molar-refractivity contribution in [1.29, 1.82) is 0 Å². The minimum atomic E-state index is -1.65. The maximum absolute atomic E-state index is 16.3. The number of methoxy groups -OCH3 is 1. The van der Waals surface area contributed by atoms with Crippen molar-refractivity contribution in [1.82, 2.24) is 24.4 Å². The van der Waals surface area contributed by atoms with E-state index in [-0.39, 0.29) is 35.5 Å². The van der Waals surface area contributed by atoms with Crippen molar-refractivity contribution < 1.29 is 19.0 Å². The normalized spacial score (nSPS) is 18.5. The van der Waals surface area contributed by atoms with E-state index in [4.69, 9.17) is 27.9 Å². The monoisotopic (exact) mass is 555 g/mol. The van der Waals surface area contributed by atoms with Crippen molar-refractivity contribution in [2.24, 2.45) is 7.05 Å². The molecule has 0 aliphatic carbocycles. The Kier molecular flexibility index (Phi) is 6.73. The number of carbonyl (C=O) groups is 1. The lowest BCUT2D eigenvalue weighted by Crippen LogP contribution is -2.46. The van der Waals surface area contributed by atoms with E-state index in [1.807, 2.05) is 0 Å². The Hall–Kier alpha value is -3.37. The van der Waals surface area contributed by atoms with Crippen LogP contribution in [0.25, 0.3) is 0 Å². The molecule has 0 radical (unpaired) electrons. The van der Waals surface area contributed by atoms with Crippen molar-refractivity contribution in [3.63, 3.8) is 0 Å². The Balaban J connectivity index is 1.73. The average Bonchev–Trinajstić information content (AvgIpc) is 3.46. The third kappa shape index (κ3) is 4.06. The summed E-state index contributed by atoms with van der Waals surface area (Å²) in [5, 5.41) is 12.4. The molecule has 1 N–H and O–H groups in total. The summed E-state index contributed by atoms with van der Waals surface area (Å²) in [6.07, 6.45) is 6.25. The number of halogens is 3. The smallest absolute Gasteiger partial charge is 0.257 e. The summed E-state index contributed by atoms with van der Waals surface area (Å²) in [7, 11) is 3.17. The summed E-state index contributed by atoms with van der Waals surface area (Å²) >= 11 is 12.1. The van der Waals surface area contributed by atoms with Crippen LogP contribution in [0.3, 0.4) is 0 Å². The van der Waals surface area contributed by atoms with Gasteiger partial charge in [-0.3, -0.25) is 9.69 Å². The van der Waals surface area contributed by atoms with Crippen molar-refractivity contribution in [2.75, 3.05) is 7.11 Å². The van der Waals surface area contributed by atoms with Crippen LogP contribution in [0.15, 0.2) is 61.3 Å². The molecular formula is C27H24Cl2FN5O3. The maximum Gasteiger partial charge on any atom is 0.257 e. The molecule has 0 bridgehead atoms. The number of carbonyl (C=O) groups excluding carboxylic acids is 1. The number of rotatable bonds is 7. The molecule has 4 aromatic rings. The number of hydrogen-bond acceptors (Lipinski definition) is 6. The van der Waals surface area contributed by atoms with Crippen LogP contribution in [0, 0.1) is 5.82 Å². The number of fused-ring (bicyclic) bond motifs is 1. The number of imidazole rings is 1. The van der Waals surface area contributed by atoms with Gasteiger partial charge in [0.15, 0.2) is 5.72 Å². The van der Waals surface area contributed by atoms with Crippen LogP contribution in [0.5, 0.6) is 0 Å². The zero-order valence-corrected chi connectivity index (χ0v) is 22.3. The Bertz CT molecular complexity index is 1510. The van der Waals surface area contributed by atoms with E-state index in [1.165, 1.54) is 36.5 Å². The molecular weight excluding hydrogens is 532 g/mol. The zero-order valence-electron chi connectivity index (χ0n) is 20.8. The number of aryl methyl sites for hydroxylation is 1. The second kappa shape index (κ2) is 9.74. The lowest BCUT2D eigenvalue weighted by Gasteiger charge is -2.38. The third-order valence-corrected chi connectivity index (χ3v) is 7.35. The SMILES string of the molecule is CCC(O)(c1cc(F)c2c(c1)C(=O)N(Cc1ncc(Cl)cn1)[C@@]2(OC)c1ccc(Cl)cc1)c1cn(C)cn1. The third-order valence-electron chi connectivity index (χ3n) is 6.91. The number of aliphatic hydroxyl groups is 1. The quantitative estimate of drug-likeness (QED) is 0.352. The number of aromatic nitrogens is 4. The Labute approximate surface area is 228 Å². The summed E-state index contributed by atoms with van der Waals surface area (Å²) in [6, 6.07) is 9.36. The number of benzene rings is 2. The average molecular weight is 556 g/mol. The molecule has 1 aliphatic rings. The van der Waals surface area contributed by atoms with Crippen LogP contribution in [0.4, 0.5) is 4.39 Å². The van der Waals surface area contributed by atoms with Gasteiger partial charge in [0.05, 0.1) is 34.7 Å². The lowest BCUT2D eigenvalue weighted by atomic mass is 9.84. The van der Waals surface area contributed by atoms with E-state index < -0.39 is 23.1 Å². The van der Waals surface area contributed by atoms with Gasteiger partial charge in [0.25, 0.3) is 5.91 Å². The van der Waals surface area contributed by atoms with Crippen molar-refractivity contribution in [3.05, 3.63) is 111 Å². The van der Waals surface area contributed by atoms with Crippen molar-refractivity contribution >= 4 is 29.1 Å². The molecule has 8 nitrogen and oxygen atoms in total. The molecule has 196 valence electrons. The molecule has 3 heterocycles. The molecule has 11 heteroatoms. The Morgan fingerprint density at radius 2 is 1.79 bits per heavy atom. The van der Waals surface area contributed by atoms with Crippen molar-refractivity contribution in [2.45, 2.75) is 31.2 Å². The fourth-order valence-corrected chi connectivity index (χ4v) is 5.22. The van der Waals surface area contributed by atoms with E-state index in [1.54, 1.807) is 55.3 Å². The van der Waals surface area contributed by atoms with Gasteiger partial charge in [0.2, 0.25) is 0 Å². The highest BCUT2D eigenvalue weighted by molar-refractivity contribution is 6.30. The minimum absolute atomic E-state index is 0.0181. The van der Waals surface area contributed by atoms with Crippen LogP contribution < -0.4 is 0 Å². The summed E-state index contributed by atoms with van der Waals surface area (Å²) in [5.74, 6) is -0.953. The summed E-state index contributed by atoms with van der Waals surface area (Å²) in [5.41, 5.74) is -2.19. The number of hydrogen-bond donors (Lipinski definition) is 1. The van der Waals surface area contributed by atoms with Gasteiger partial charge in [-0.25, -0.2) is 19.3 Å². The molecule has 0 fully saturated rings. The predicted molar refractivity (Wildman–Crippen MR) is 139 cm³/mol. The topological polar surface area (TPSA) is 93.4 Å². The van der Waals surface area contributed by atoms with Gasteiger partial charge in [-0.2, -0.15) is 0 Å². The first-order chi connectivity index (χ1) is 18.1. The molecule has 0 saturated heterocycles. The highest BCUT2D eigenvalue weighted by atomic mass is 35.5. The van der Waals surface area contributed by atoms with Crippen LogP contribution in [-0.2, 0) is 29.7 Å². The standard InChI is InChI=1S/C27H24Cl2FN5O3/c1-4-26(37,22-13-34(2)15-33-22)17-9-20-24(21(30)10-17)27(38-3,16-5-7-18(28)8-6-16)35(25(20)36)14-23-31-11-19(29)12-32-23/h5-13,15,37H,4,14H2,1-3H3/t26?,27-/m1/s1. The van der Waals surface area contributed by atoms with E-state index in [9.17, 15) is 9.90 Å². The van der Waals surface area contributed by atoms with Crippen LogP contribution in [0.1, 0.15) is 51.9 Å². The Morgan fingerprint density at radius 3 is 2.37 bits per heavy atom. The predicted octanol–water partition coefficient (Wildman–Crippen LogP) is 4.81. The Morgan fingerprint density at radius 1 is 1.11 bits per heavy atom. The maximum atomic E-state index is 16.3. The van der Waals surface area contributed by atoms with E-state index in [0.717, 1.165) is 0 Å². The zero-order chi connectivity index (χ0) is 27.2. The van der Waals surface area contributed by atoms with Crippen LogP contribution >= 0.6 is 23.2 Å². The first-order valence-electron chi connectivity index (χ1n) is 11.8. The molecule has 1 aliphatic heterocycles. The van der Waals surface area contributed by atoms with Gasteiger partial charge < -0.3 is 14.4 Å². The molecule has 0 saturated carbocycles. The van der Waals surface area contributed by atoms with E-state index in [2.05, 4.69) is 15.0 Å². The minimum Gasteiger partial charge on any atom is -0.379 e. The summed E-state index contributed by atoms with van der Waals surface area (Å²) in [6.45, 7) is 1.66. The number of ether oxygens (including phenoxy) is 1. The molecule has 0 spiro atoms. The summed E-state index contributed by atoms with van der Waals surface area (Å²) in [4.78, 5) is 28.1. The number of amides is 1. The molecule has 2 aromatic heterocycles. The first-order valence-corrected chi connectivity index (χ1v) is 12.5. The molecule has 38 heavy (non-hydrogen) atoms.